The van der Waals surface area contributed by atoms with Crippen LogP contribution in [0.4, 0.5) is 0 Å². The van der Waals surface area contributed by atoms with Crippen molar-refractivity contribution in [2.45, 2.75) is 12.5 Å². The molecule has 0 bridgehead atoms. The third-order valence-corrected chi connectivity index (χ3v) is 5.34. The lowest BCUT2D eigenvalue weighted by Gasteiger charge is -2.20. The SMILES string of the molecule is CN(C)C1CCN(CCNC(=O)c2cccnc2Oc2ccc(Cl)cc2Cl)C1. The van der Waals surface area contributed by atoms with E-state index in [2.05, 4.69) is 34.2 Å². The van der Waals surface area contributed by atoms with Crippen molar-refractivity contribution < 1.29 is 9.53 Å². The second-order valence-corrected chi connectivity index (χ2v) is 7.84. The molecule has 0 aliphatic carbocycles. The number of likely N-dealkylation sites (N-methyl/N-ethyl adjacent to an activating group) is 1. The first-order valence-electron chi connectivity index (χ1n) is 9.19. The number of aromatic nitrogens is 1. The quantitative estimate of drug-likeness (QED) is 0.738. The Bertz CT molecular complexity index is 832. The Morgan fingerprint density at radius 1 is 1.36 bits per heavy atom. The standard InChI is InChI=1S/C20H24Cl2N4O2/c1-25(2)15-7-10-26(13-15)11-9-23-19(27)16-4-3-8-24-20(16)28-18-6-5-14(21)12-17(18)22/h3-6,8,12,15H,7,9-11,13H2,1-2H3,(H,23,27). The maximum Gasteiger partial charge on any atom is 0.256 e. The minimum absolute atomic E-state index is 0.207. The minimum atomic E-state index is -0.225. The van der Waals surface area contributed by atoms with Gasteiger partial charge >= 0.3 is 0 Å². The smallest absolute Gasteiger partial charge is 0.256 e. The number of halogens is 2. The molecule has 6 nitrogen and oxygen atoms in total. The van der Waals surface area contributed by atoms with Gasteiger partial charge in [0.1, 0.15) is 11.3 Å². The molecule has 0 saturated carbocycles. The first kappa shape index (κ1) is 20.9. The van der Waals surface area contributed by atoms with Gasteiger partial charge in [-0.1, -0.05) is 23.2 Å². The van der Waals surface area contributed by atoms with E-state index in [0.717, 1.165) is 26.1 Å². The summed E-state index contributed by atoms with van der Waals surface area (Å²) in [4.78, 5) is 21.4. The van der Waals surface area contributed by atoms with Gasteiger partial charge in [-0.3, -0.25) is 9.69 Å². The number of nitrogens with one attached hydrogen (secondary N) is 1. The van der Waals surface area contributed by atoms with Crippen LogP contribution in [0.2, 0.25) is 10.0 Å². The van der Waals surface area contributed by atoms with Crippen LogP contribution in [0.25, 0.3) is 0 Å². The average Bonchev–Trinajstić information content (AvgIpc) is 3.13. The number of pyridine rings is 1. The molecule has 150 valence electrons. The molecule has 1 atom stereocenters. The van der Waals surface area contributed by atoms with Gasteiger partial charge < -0.3 is 15.0 Å². The average molecular weight is 423 g/mol. The topological polar surface area (TPSA) is 57.7 Å². The van der Waals surface area contributed by atoms with Crippen molar-refractivity contribution in [3.8, 4) is 11.6 Å². The monoisotopic (exact) mass is 422 g/mol. The lowest BCUT2D eigenvalue weighted by atomic mass is 10.2. The van der Waals surface area contributed by atoms with E-state index >= 15 is 0 Å². The van der Waals surface area contributed by atoms with E-state index in [1.54, 1.807) is 36.5 Å². The first-order valence-corrected chi connectivity index (χ1v) is 9.94. The molecule has 1 aromatic carbocycles. The number of hydrogen-bond acceptors (Lipinski definition) is 5. The molecule has 8 heteroatoms. The van der Waals surface area contributed by atoms with Crippen LogP contribution < -0.4 is 10.1 Å². The Morgan fingerprint density at radius 3 is 2.89 bits per heavy atom. The fourth-order valence-corrected chi connectivity index (χ4v) is 3.61. The van der Waals surface area contributed by atoms with Crippen molar-refractivity contribution in [2.24, 2.45) is 0 Å². The van der Waals surface area contributed by atoms with Gasteiger partial charge in [-0.2, -0.15) is 0 Å². The summed E-state index contributed by atoms with van der Waals surface area (Å²) < 4.78 is 5.76. The minimum Gasteiger partial charge on any atom is -0.437 e. The van der Waals surface area contributed by atoms with E-state index in [1.165, 1.54) is 0 Å². The van der Waals surface area contributed by atoms with E-state index < -0.39 is 0 Å². The summed E-state index contributed by atoms with van der Waals surface area (Å²) >= 11 is 12.1. The number of amides is 1. The molecule has 1 aliphatic heterocycles. The summed E-state index contributed by atoms with van der Waals surface area (Å²) in [6, 6.07) is 8.86. The van der Waals surface area contributed by atoms with Crippen LogP contribution >= 0.6 is 23.2 Å². The largest absolute Gasteiger partial charge is 0.437 e. The number of rotatable bonds is 7. The fraction of sp³-hybridized carbons (Fsp3) is 0.400. The van der Waals surface area contributed by atoms with Crippen molar-refractivity contribution in [1.29, 1.82) is 0 Å². The Balaban J connectivity index is 1.58. The highest BCUT2D eigenvalue weighted by Crippen LogP contribution is 2.32. The number of likely N-dealkylation sites (tertiary alicyclic amines) is 1. The third-order valence-electron chi connectivity index (χ3n) is 4.81. The predicted octanol–water partition coefficient (Wildman–Crippen LogP) is 3.55. The maximum atomic E-state index is 12.6. The third kappa shape index (κ3) is 5.35. The van der Waals surface area contributed by atoms with Crippen LogP contribution in [0.3, 0.4) is 0 Å². The molecule has 1 aliphatic rings. The van der Waals surface area contributed by atoms with Gasteiger partial charge in [0.25, 0.3) is 5.91 Å². The van der Waals surface area contributed by atoms with Crippen LogP contribution in [0.1, 0.15) is 16.8 Å². The Labute approximate surface area is 175 Å². The number of hydrogen-bond donors (Lipinski definition) is 1. The number of ether oxygens (including phenoxy) is 1. The summed E-state index contributed by atoms with van der Waals surface area (Å²) in [6.45, 7) is 3.46. The van der Waals surface area contributed by atoms with Crippen molar-refractivity contribution in [3.05, 3.63) is 52.1 Å². The molecule has 0 spiro atoms. The zero-order chi connectivity index (χ0) is 20.1. The normalized spacial score (nSPS) is 17.1. The van der Waals surface area contributed by atoms with Crippen molar-refractivity contribution in [2.75, 3.05) is 40.3 Å². The molecule has 2 aromatic rings. The lowest BCUT2D eigenvalue weighted by Crippen LogP contribution is -2.36. The first-order chi connectivity index (χ1) is 13.4. The number of carbonyl (C=O) groups excluding carboxylic acids is 1. The molecular weight excluding hydrogens is 399 g/mol. The fourth-order valence-electron chi connectivity index (χ4n) is 3.17. The highest BCUT2D eigenvalue weighted by molar-refractivity contribution is 6.35. The van der Waals surface area contributed by atoms with Crippen LogP contribution in [0.5, 0.6) is 11.6 Å². The van der Waals surface area contributed by atoms with E-state index in [4.69, 9.17) is 27.9 Å². The summed E-state index contributed by atoms with van der Waals surface area (Å²) in [7, 11) is 4.21. The van der Waals surface area contributed by atoms with Crippen molar-refractivity contribution >= 4 is 29.1 Å². The lowest BCUT2D eigenvalue weighted by molar-refractivity contribution is 0.0946. The highest BCUT2D eigenvalue weighted by atomic mass is 35.5. The molecule has 1 amide bonds. The number of benzene rings is 1. The zero-order valence-electron chi connectivity index (χ0n) is 16.0. The van der Waals surface area contributed by atoms with Gasteiger partial charge in [0.05, 0.1) is 5.02 Å². The molecule has 1 unspecified atom stereocenters. The molecular formula is C20H24Cl2N4O2. The molecule has 28 heavy (non-hydrogen) atoms. The summed E-state index contributed by atoms with van der Waals surface area (Å²) in [6.07, 6.45) is 2.73. The van der Waals surface area contributed by atoms with Gasteiger partial charge in [0.15, 0.2) is 0 Å². The molecule has 2 heterocycles. The molecule has 1 aromatic heterocycles. The summed E-state index contributed by atoms with van der Waals surface area (Å²) in [5, 5.41) is 3.82. The van der Waals surface area contributed by atoms with Crippen LogP contribution in [-0.4, -0.2) is 67.0 Å². The zero-order valence-corrected chi connectivity index (χ0v) is 17.5. The summed E-state index contributed by atoms with van der Waals surface area (Å²) in [5.74, 6) is 0.375. The second-order valence-electron chi connectivity index (χ2n) is 7.00. The predicted molar refractivity (Wildman–Crippen MR) is 112 cm³/mol. The van der Waals surface area contributed by atoms with Gasteiger partial charge in [-0.05, 0) is 57.4 Å². The van der Waals surface area contributed by atoms with Crippen LogP contribution in [0, 0.1) is 0 Å². The van der Waals surface area contributed by atoms with Crippen LogP contribution in [-0.2, 0) is 0 Å². The van der Waals surface area contributed by atoms with Gasteiger partial charge in [0, 0.05) is 36.9 Å². The van der Waals surface area contributed by atoms with Gasteiger partial charge in [-0.15, -0.1) is 0 Å². The van der Waals surface area contributed by atoms with Crippen molar-refractivity contribution in [1.82, 2.24) is 20.1 Å². The Hall–Kier alpha value is -1.86. The van der Waals surface area contributed by atoms with E-state index in [9.17, 15) is 4.79 Å². The molecule has 1 N–H and O–H groups in total. The molecule has 0 radical (unpaired) electrons. The van der Waals surface area contributed by atoms with Gasteiger partial charge in [0.2, 0.25) is 5.88 Å². The molecule has 1 saturated heterocycles. The maximum absolute atomic E-state index is 12.6. The van der Waals surface area contributed by atoms with E-state index in [0.29, 0.717) is 33.9 Å². The Kier molecular flexibility index (Phi) is 7.13. The highest BCUT2D eigenvalue weighted by Gasteiger charge is 2.23. The van der Waals surface area contributed by atoms with E-state index in [1.807, 2.05) is 0 Å². The molecule has 3 rings (SSSR count). The van der Waals surface area contributed by atoms with Crippen LogP contribution in [0.15, 0.2) is 36.5 Å². The Morgan fingerprint density at radius 2 is 2.18 bits per heavy atom. The second kappa shape index (κ2) is 9.56. The summed E-state index contributed by atoms with van der Waals surface area (Å²) in [5.41, 5.74) is 0.362. The molecule has 1 fully saturated rings. The van der Waals surface area contributed by atoms with E-state index in [-0.39, 0.29) is 11.8 Å². The van der Waals surface area contributed by atoms with Gasteiger partial charge in [-0.25, -0.2) is 4.98 Å². The van der Waals surface area contributed by atoms with Crippen molar-refractivity contribution in [3.63, 3.8) is 0 Å². The number of carbonyl (C=O) groups is 1. The number of nitrogens with zero attached hydrogens (tertiary/aromatic N) is 3.